The maximum Gasteiger partial charge on any atom is 0.338 e. The van der Waals surface area contributed by atoms with Gasteiger partial charge in [0.15, 0.2) is 4.80 Å². The summed E-state index contributed by atoms with van der Waals surface area (Å²) in [7, 11) is 0. The normalized spacial score (nSPS) is 16.2. The summed E-state index contributed by atoms with van der Waals surface area (Å²) in [5, 5.41) is 5.56. The first-order valence-electron chi connectivity index (χ1n) is 9.24. The average molecular weight is 460 g/mol. The van der Waals surface area contributed by atoms with Crippen molar-refractivity contribution < 1.29 is 9.53 Å². The molecule has 4 rings (SSSR count). The van der Waals surface area contributed by atoms with E-state index < -0.39 is 12.0 Å². The Morgan fingerprint density at radius 3 is 2.83 bits per heavy atom. The van der Waals surface area contributed by atoms with Crippen LogP contribution in [0, 0.1) is 0 Å². The van der Waals surface area contributed by atoms with Gasteiger partial charge >= 0.3 is 5.97 Å². The highest BCUT2D eigenvalue weighted by Gasteiger charge is 2.33. The number of nitrogens with one attached hydrogen (secondary N) is 1. The fraction of sp³-hybridized carbons (Fsp3) is 0.190. The molecule has 3 aromatic rings. The number of halogens is 1. The molecule has 0 bridgehead atoms. The number of carbonyl (C=O) groups excluding carboxylic acids is 1. The third-order valence-electron chi connectivity index (χ3n) is 4.56. The fourth-order valence-corrected chi connectivity index (χ4v) is 5.21. The van der Waals surface area contributed by atoms with E-state index in [0.29, 0.717) is 31.3 Å². The highest BCUT2D eigenvalue weighted by Crippen LogP contribution is 2.33. The van der Waals surface area contributed by atoms with Gasteiger partial charge < -0.3 is 10.1 Å². The second-order valence-corrected chi connectivity index (χ2v) is 8.84. The second kappa shape index (κ2) is 8.59. The van der Waals surface area contributed by atoms with E-state index in [1.807, 2.05) is 35.7 Å². The van der Waals surface area contributed by atoms with Crippen LogP contribution >= 0.6 is 34.3 Å². The molecule has 0 radical (unpaired) electrons. The maximum absolute atomic E-state index is 13.3. The maximum atomic E-state index is 13.3. The Morgan fingerprint density at radius 1 is 1.33 bits per heavy atom. The lowest BCUT2D eigenvalue weighted by Gasteiger charge is -2.23. The van der Waals surface area contributed by atoms with Gasteiger partial charge in [0.1, 0.15) is 10.6 Å². The van der Waals surface area contributed by atoms with Gasteiger partial charge in [-0.2, -0.15) is 0 Å². The molecule has 1 aliphatic rings. The molecule has 1 N–H and O–H groups in total. The van der Waals surface area contributed by atoms with Crippen molar-refractivity contribution in [3.63, 3.8) is 0 Å². The predicted molar refractivity (Wildman–Crippen MR) is 121 cm³/mol. The van der Waals surface area contributed by atoms with Crippen LogP contribution in [0.25, 0.3) is 6.20 Å². The Kier molecular flexibility index (Phi) is 5.90. The molecule has 3 heterocycles. The minimum absolute atomic E-state index is 0.231. The van der Waals surface area contributed by atoms with Gasteiger partial charge in [-0.3, -0.25) is 9.36 Å². The zero-order chi connectivity index (χ0) is 21.3. The summed E-state index contributed by atoms with van der Waals surface area (Å²) in [5.41, 5.74) is 1.41. The Morgan fingerprint density at radius 2 is 2.13 bits per heavy atom. The lowest BCUT2D eigenvalue weighted by molar-refractivity contribution is -0.139. The average Bonchev–Trinajstić information content (AvgIpc) is 3.35. The van der Waals surface area contributed by atoms with Crippen molar-refractivity contribution in [2.45, 2.75) is 19.9 Å². The third-order valence-corrected chi connectivity index (χ3v) is 6.80. The third kappa shape index (κ3) is 3.74. The van der Waals surface area contributed by atoms with E-state index in [-0.39, 0.29) is 12.2 Å². The van der Waals surface area contributed by atoms with E-state index in [4.69, 9.17) is 16.3 Å². The number of hydrogen-bond acceptors (Lipinski definition) is 7. The van der Waals surface area contributed by atoms with Gasteiger partial charge in [-0.25, -0.2) is 9.79 Å². The summed E-state index contributed by atoms with van der Waals surface area (Å²) < 4.78 is 7.29. The number of para-hydroxylation sites is 1. The lowest BCUT2D eigenvalue weighted by Crippen LogP contribution is -2.39. The van der Waals surface area contributed by atoms with Gasteiger partial charge in [0.05, 0.1) is 28.6 Å². The number of thiophene rings is 1. The molecule has 0 aliphatic carbocycles. The Labute approximate surface area is 185 Å². The molecule has 30 heavy (non-hydrogen) atoms. The van der Waals surface area contributed by atoms with Gasteiger partial charge in [0.2, 0.25) is 0 Å². The van der Waals surface area contributed by atoms with Crippen LogP contribution in [-0.2, 0) is 9.53 Å². The molecule has 0 amide bonds. The summed E-state index contributed by atoms with van der Waals surface area (Å²) >= 11 is 8.93. The standard InChI is InChI=1S/C21H18ClN3O3S2/c1-3-28-20(27)17-12(2)24-21-25(18(17)15-9-6-10-29-15)19(26)16(30-21)11-23-14-8-5-4-7-13(14)22/h4-11,18,23H,3H2,1-2H3/b16-11-/t18-/m0/s1. The molecule has 9 heteroatoms. The van der Waals surface area contributed by atoms with Crippen molar-refractivity contribution in [3.8, 4) is 0 Å². The van der Waals surface area contributed by atoms with Crippen molar-refractivity contribution in [1.82, 2.24) is 4.57 Å². The van der Waals surface area contributed by atoms with Crippen LogP contribution in [0.3, 0.4) is 0 Å². The highest BCUT2D eigenvalue weighted by molar-refractivity contribution is 7.10. The first-order valence-corrected chi connectivity index (χ1v) is 11.3. The Balaban J connectivity index is 1.85. The number of esters is 1. The number of anilines is 1. The predicted octanol–water partition coefficient (Wildman–Crippen LogP) is 3.53. The number of hydrogen-bond donors (Lipinski definition) is 1. The van der Waals surface area contributed by atoms with E-state index in [9.17, 15) is 9.59 Å². The summed E-state index contributed by atoms with van der Waals surface area (Å²) in [4.78, 5) is 32.0. The monoisotopic (exact) mass is 459 g/mol. The van der Waals surface area contributed by atoms with Crippen molar-refractivity contribution >= 4 is 52.1 Å². The minimum Gasteiger partial charge on any atom is -0.463 e. The van der Waals surface area contributed by atoms with Crippen LogP contribution in [-0.4, -0.2) is 17.1 Å². The molecular formula is C21H18ClN3O3S2. The molecule has 1 atom stereocenters. The van der Waals surface area contributed by atoms with Crippen LogP contribution in [0.5, 0.6) is 0 Å². The van der Waals surface area contributed by atoms with Gasteiger partial charge in [-0.05, 0) is 37.4 Å². The molecule has 0 fully saturated rings. The number of fused-ring (bicyclic) bond motifs is 1. The molecule has 0 unspecified atom stereocenters. The molecule has 154 valence electrons. The number of thiazole rings is 1. The lowest BCUT2D eigenvalue weighted by atomic mass is 10.0. The van der Waals surface area contributed by atoms with Crippen LogP contribution < -0.4 is 20.2 Å². The quantitative estimate of drug-likeness (QED) is 0.592. The molecule has 0 spiro atoms. The number of carbonyl (C=O) groups is 1. The summed E-state index contributed by atoms with van der Waals surface area (Å²) in [6.07, 6.45) is 1.62. The highest BCUT2D eigenvalue weighted by atomic mass is 35.5. The van der Waals surface area contributed by atoms with E-state index >= 15 is 0 Å². The van der Waals surface area contributed by atoms with Crippen LogP contribution in [0.4, 0.5) is 5.69 Å². The van der Waals surface area contributed by atoms with E-state index in [1.165, 1.54) is 22.7 Å². The number of rotatable bonds is 5. The van der Waals surface area contributed by atoms with Gasteiger partial charge in [0.25, 0.3) is 5.56 Å². The Bertz CT molecular complexity index is 1310. The van der Waals surface area contributed by atoms with Crippen molar-refractivity contribution in [3.05, 3.63) is 82.6 Å². The number of nitrogens with zero attached hydrogens (tertiary/aromatic N) is 2. The number of benzene rings is 1. The Hall–Kier alpha value is -2.68. The summed E-state index contributed by atoms with van der Waals surface area (Å²) in [5.74, 6) is -0.458. The molecule has 2 aromatic heterocycles. The number of aromatic nitrogens is 1. The summed E-state index contributed by atoms with van der Waals surface area (Å²) in [6, 6.07) is 10.5. The van der Waals surface area contributed by atoms with E-state index in [2.05, 4.69) is 10.3 Å². The first-order chi connectivity index (χ1) is 14.5. The van der Waals surface area contributed by atoms with Crippen molar-refractivity contribution in [2.24, 2.45) is 4.99 Å². The first kappa shape index (κ1) is 20.6. The topological polar surface area (TPSA) is 72.7 Å². The van der Waals surface area contributed by atoms with Crippen molar-refractivity contribution in [2.75, 3.05) is 11.9 Å². The van der Waals surface area contributed by atoms with E-state index in [1.54, 1.807) is 30.7 Å². The molecule has 0 saturated carbocycles. The van der Waals surface area contributed by atoms with Gasteiger partial charge in [-0.15, -0.1) is 11.3 Å². The largest absolute Gasteiger partial charge is 0.463 e. The second-order valence-electron chi connectivity index (χ2n) is 6.44. The van der Waals surface area contributed by atoms with Crippen LogP contribution in [0.2, 0.25) is 5.02 Å². The fourth-order valence-electron chi connectivity index (χ4n) is 3.23. The number of ether oxygens (including phenoxy) is 1. The molecule has 1 aromatic carbocycles. The van der Waals surface area contributed by atoms with Crippen molar-refractivity contribution in [1.29, 1.82) is 0 Å². The molecule has 1 aliphatic heterocycles. The SMILES string of the molecule is CCOC(=O)C1=C(C)N=c2s/c(=C\Nc3ccccc3Cl)c(=O)n2[C@H]1c1cccs1. The molecular weight excluding hydrogens is 442 g/mol. The zero-order valence-electron chi connectivity index (χ0n) is 16.2. The zero-order valence-corrected chi connectivity index (χ0v) is 18.6. The molecule has 6 nitrogen and oxygen atoms in total. The van der Waals surface area contributed by atoms with Crippen LogP contribution in [0.15, 0.2) is 62.8 Å². The number of allylic oxidation sites excluding steroid dienone is 1. The van der Waals surface area contributed by atoms with E-state index in [0.717, 1.165) is 4.88 Å². The minimum atomic E-state index is -0.567. The molecule has 0 saturated heterocycles. The van der Waals surface area contributed by atoms with Gasteiger partial charge in [-0.1, -0.05) is 41.1 Å². The smallest absolute Gasteiger partial charge is 0.338 e. The summed E-state index contributed by atoms with van der Waals surface area (Å²) in [6.45, 7) is 3.77. The van der Waals surface area contributed by atoms with Gasteiger partial charge in [0, 0.05) is 11.1 Å². The van der Waals surface area contributed by atoms with Crippen LogP contribution in [0.1, 0.15) is 24.8 Å².